The molecule has 2 aromatic rings. The Hall–Kier alpha value is -2.47. The first kappa shape index (κ1) is 17.4. The van der Waals surface area contributed by atoms with E-state index in [0.29, 0.717) is 5.71 Å². The lowest BCUT2D eigenvalue weighted by Gasteiger charge is -2.21. The van der Waals surface area contributed by atoms with E-state index in [0.717, 1.165) is 21.8 Å². The van der Waals surface area contributed by atoms with Crippen molar-refractivity contribution >= 4 is 34.9 Å². The zero-order valence-electron chi connectivity index (χ0n) is 14.7. The number of hydrazone groups is 1. The van der Waals surface area contributed by atoms with Crippen molar-refractivity contribution in [3.63, 3.8) is 0 Å². The molecule has 0 fully saturated rings. The van der Waals surface area contributed by atoms with E-state index in [9.17, 15) is 4.79 Å². The van der Waals surface area contributed by atoms with Gasteiger partial charge in [0.25, 0.3) is 0 Å². The third kappa shape index (κ3) is 4.33. The smallest absolute Gasteiger partial charge is 0.428 e. The van der Waals surface area contributed by atoms with Crippen LogP contribution < -0.4 is 10.7 Å². The Labute approximate surface area is 151 Å². The van der Waals surface area contributed by atoms with Gasteiger partial charge in [-0.2, -0.15) is 5.10 Å². The van der Waals surface area contributed by atoms with Crippen molar-refractivity contribution in [2.75, 3.05) is 5.32 Å². The molecule has 0 atom stereocenters. The molecule has 3 rings (SSSR count). The van der Waals surface area contributed by atoms with Crippen LogP contribution >= 0.6 is 11.8 Å². The second-order valence-electron chi connectivity index (χ2n) is 6.75. The van der Waals surface area contributed by atoms with Gasteiger partial charge in [0.15, 0.2) is 0 Å². The Kier molecular flexibility index (Phi) is 4.72. The van der Waals surface area contributed by atoms with Gasteiger partial charge in [-0.15, -0.1) is 0 Å². The monoisotopic (exact) mass is 355 g/mol. The van der Waals surface area contributed by atoms with Crippen molar-refractivity contribution in [1.29, 1.82) is 0 Å². The van der Waals surface area contributed by atoms with Gasteiger partial charge in [0.1, 0.15) is 5.60 Å². The van der Waals surface area contributed by atoms with Crippen molar-refractivity contribution in [3.8, 4) is 0 Å². The van der Waals surface area contributed by atoms with E-state index in [1.54, 1.807) is 11.8 Å². The Balaban J connectivity index is 1.74. The molecule has 1 aliphatic rings. The minimum absolute atomic E-state index is 0.548. The van der Waals surface area contributed by atoms with E-state index in [4.69, 9.17) is 4.74 Å². The lowest BCUT2D eigenvalue weighted by atomic mass is 10.1. The summed E-state index contributed by atoms with van der Waals surface area (Å²) in [5.41, 5.74) is 5.66. The molecule has 25 heavy (non-hydrogen) atoms. The summed E-state index contributed by atoms with van der Waals surface area (Å²) >= 11 is 1.74. The first-order chi connectivity index (χ1) is 11.8. The maximum Gasteiger partial charge on any atom is 0.428 e. The summed E-state index contributed by atoms with van der Waals surface area (Å²) in [6.45, 7) is 7.29. The minimum Gasteiger partial charge on any atom is -0.443 e. The topological polar surface area (TPSA) is 62.7 Å². The third-order valence-electron chi connectivity index (χ3n) is 3.49. The van der Waals surface area contributed by atoms with E-state index < -0.39 is 11.7 Å². The van der Waals surface area contributed by atoms with Crippen LogP contribution in [0.25, 0.3) is 0 Å². The van der Waals surface area contributed by atoms with E-state index in [1.165, 1.54) is 4.90 Å². The Morgan fingerprint density at radius 3 is 2.60 bits per heavy atom. The number of nitrogens with one attached hydrogen (secondary N) is 2. The predicted molar refractivity (Wildman–Crippen MR) is 102 cm³/mol. The summed E-state index contributed by atoms with van der Waals surface area (Å²) in [5.74, 6) is 0. The Morgan fingerprint density at radius 2 is 1.84 bits per heavy atom. The first-order valence-electron chi connectivity index (χ1n) is 8.03. The molecule has 0 bridgehead atoms. The van der Waals surface area contributed by atoms with Crippen LogP contribution in [0.2, 0.25) is 0 Å². The fourth-order valence-electron chi connectivity index (χ4n) is 2.36. The fourth-order valence-corrected chi connectivity index (χ4v) is 3.33. The van der Waals surface area contributed by atoms with Crippen molar-refractivity contribution in [3.05, 3.63) is 48.0 Å². The summed E-state index contributed by atoms with van der Waals surface area (Å²) in [4.78, 5) is 14.1. The van der Waals surface area contributed by atoms with E-state index >= 15 is 0 Å². The molecule has 1 aliphatic heterocycles. The highest BCUT2D eigenvalue weighted by molar-refractivity contribution is 7.99. The minimum atomic E-state index is -0.563. The van der Waals surface area contributed by atoms with Crippen molar-refractivity contribution in [2.24, 2.45) is 5.10 Å². The van der Waals surface area contributed by atoms with E-state index in [-0.39, 0.29) is 0 Å². The number of benzene rings is 2. The summed E-state index contributed by atoms with van der Waals surface area (Å²) in [7, 11) is 0. The van der Waals surface area contributed by atoms with Crippen LogP contribution in [0.1, 0.15) is 33.3 Å². The molecule has 5 nitrogen and oxygen atoms in total. The van der Waals surface area contributed by atoms with Crippen LogP contribution in [0, 0.1) is 0 Å². The Morgan fingerprint density at radius 1 is 1.12 bits per heavy atom. The average molecular weight is 355 g/mol. The lowest BCUT2D eigenvalue weighted by Crippen LogP contribution is -2.30. The second-order valence-corrected chi connectivity index (χ2v) is 7.83. The molecular weight excluding hydrogens is 334 g/mol. The van der Waals surface area contributed by atoms with Crippen LogP contribution in [-0.4, -0.2) is 17.4 Å². The van der Waals surface area contributed by atoms with E-state index in [2.05, 4.69) is 34.0 Å². The number of amides is 1. The summed E-state index contributed by atoms with van der Waals surface area (Å²) in [6.07, 6.45) is -0.563. The van der Waals surface area contributed by atoms with Gasteiger partial charge in [0.05, 0.1) is 17.1 Å². The standard InChI is InChI=1S/C19H21N3O2S/c1-12(21-22-18(23)24-19(2,3)4)13-9-10-17-15(11-13)20-14-7-5-6-8-16(14)25-17/h5-11,20H,1-4H3,(H,22,23). The molecule has 2 N–H and O–H groups in total. The van der Waals surface area contributed by atoms with Crippen LogP contribution in [-0.2, 0) is 4.74 Å². The van der Waals surface area contributed by atoms with Gasteiger partial charge in [0.2, 0.25) is 0 Å². The van der Waals surface area contributed by atoms with E-state index in [1.807, 2.05) is 52.0 Å². The molecule has 0 saturated heterocycles. The van der Waals surface area contributed by atoms with Crippen molar-refractivity contribution in [1.82, 2.24) is 5.43 Å². The summed E-state index contributed by atoms with van der Waals surface area (Å²) in [6, 6.07) is 14.3. The zero-order valence-corrected chi connectivity index (χ0v) is 15.5. The molecule has 2 aromatic carbocycles. The van der Waals surface area contributed by atoms with Crippen LogP contribution in [0.4, 0.5) is 16.2 Å². The number of hydrogen-bond donors (Lipinski definition) is 2. The zero-order chi connectivity index (χ0) is 18.0. The highest BCUT2D eigenvalue weighted by Crippen LogP contribution is 2.44. The molecule has 0 aliphatic carbocycles. The number of anilines is 2. The van der Waals surface area contributed by atoms with Gasteiger partial charge in [-0.05, 0) is 57.5 Å². The molecule has 0 spiro atoms. The molecule has 6 heteroatoms. The molecular formula is C19H21N3O2S. The van der Waals surface area contributed by atoms with Gasteiger partial charge < -0.3 is 10.1 Å². The number of nitrogens with zero attached hydrogens (tertiary/aromatic N) is 1. The van der Waals surface area contributed by atoms with Gasteiger partial charge in [-0.25, -0.2) is 10.2 Å². The van der Waals surface area contributed by atoms with Crippen molar-refractivity contribution < 1.29 is 9.53 Å². The van der Waals surface area contributed by atoms with Gasteiger partial charge in [-0.1, -0.05) is 30.0 Å². The molecule has 0 unspecified atom stereocenters. The SMILES string of the molecule is CC(=NNC(=O)OC(C)(C)C)c1ccc2c(c1)Nc1ccccc1S2. The van der Waals surface area contributed by atoms with Crippen LogP contribution in [0.5, 0.6) is 0 Å². The second kappa shape index (κ2) is 6.80. The number of para-hydroxylation sites is 1. The van der Waals surface area contributed by atoms with Crippen LogP contribution in [0.15, 0.2) is 57.4 Å². The van der Waals surface area contributed by atoms with Gasteiger partial charge in [-0.3, -0.25) is 0 Å². The maximum absolute atomic E-state index is 11.7. The van der Waals surface area contributed by atoms with Crippen molar-refractivity contribution in [2.45, 2.75) is 43.1 Å². The fraction of sp³-hybridized carbons (Fsp3) is 0.263. The number of carbonyl (C=O) groups is 1. The normalized spacial score (nSPS) is 13.4. The number of ether oxygens (including phenoxy) is 1. The molecule has 1 heterocycles. The molecule has 0 radical (unpaired) electrons. The number of carbonyl (C=O) groups excluding carboxylic acids is 1. The molecule has 130 valence electrons. The third-order valence-corrected chi connectivity index (χ3v) is 4.64. The number of rotatable bonds is 2. The summed E-state index contributed by atoms with van der Waals surface area (Å²) < 4.78 is 5.18. The first-order valence-corrected chi connectivity index (χ1v) is 8.85. The van der Waals surface area contributed by atoms with Crippen LogP contribution in [0.3, 0.4) is 0 Å². The quantitative estimate of drug-likeness (QED) is 0.493. The highest BCUT2D eigenvalue weighted by atomic mass is 32.2. The van der Waals surface area contributed by atoms with Gasteiger partial charge >= 0.3 is 6.09 Å². The maximum atomic E-state index is 11.7. The number of hydrogen-bond acceptors (Lipinski definition) is 5. The molecule has 1 amide bonds. The average Bonchev–Trinajstić information content (AvgIpc) is 2.55. The molecule has 0 aromatic heterocycles. The van der Waals surface area contributed by atoms with Gasteiger partial charge in [0, 0.05) is 9.79 Å². The predicted octanol–water partition coefficient (Wildman–Crippen LogP) is 5.14. The highest BCUT2D eigenvalue weighted by Gasteiger charge is 2.17. The number of fused-ring (bicyclic) bond motifs is 2. The lowest BCUT2D eigenvalue weighted by molar-refractivity contribution is 0.0529. The Bertz CT molecular complexity index is 841. The largest absolute Gasteiger partial charge is 0.443 e. The molecule has 0 saturated carbocycles. The summed E-state index contributed by atoms with van der Waals surface area (Å²) in [5, 5.41) is 7.57.